The van der Waals surface area contributed by atoms with E-state index in [2.05, 4.69) is 0 Å². The fourth-order valence-corrected chi connectivity index (χ4v) is 0. The minimum atomic E-state index is -4.67. The summed E-state index contributed by atoms with van der Waals surface area (Å²) in [5, 5.41) is 0. The van der Waals surface area contributed by atoms with Gasteiger partial charge in [-0.2, -0.15) is 16.8 Å². The van der Waals surface area contributed by atoms with E-state index in [0.29, 0.717) is 0 Å². The summed E-state index contributed by atoms with van der Waals surface area (Å²) in [5.41, 5.74) is 0. The van der Waals surface area contributed by atoms with Crippen molar-refractivity contribution in [3.8, 4) is 0 Å². The van der Waals surface area contributed by atoms with Gasteiger partial charge >= 0.3 is 20.8 Å². The molecule has 0 aliphatic carbocycles. The molecule has 100 valence electrons. The second kappa shape index (κ2) is 16.7. The molecule has 0 aromatic rings. The molecule has 0 unspecified atom stereocenters. The Bertz CT molecular complexity index is 210. The maximum absolute atomic E-state index is 8.74. The summed E-state index contributed by atoms with van der Waals surface area (Å²) >= 11 is 0. The van der Waals surface area contributed by atoms with Crippen LogP contribution >= 0.6 is 0 Å². The zero-order valence-electron chi connectivity index (χ0n) is 6.74. The van der Waals surface area contributed by atoms with Crippen molar-refractivity contribution in [1.82, 2.24) is 0 Å². The van der Waals surface area contributed by atoms with Crippen LogP contribution in [0.2, 0.25) is 0 Å². The van der Waals surface area contributed by atoms with Crippen molar-refractivity contribution >= 4 is 20.8 Å². The molecular formula is H12O12S2Ti. The van der Waals surface area contributed by atoms with Gasteiger partial charge in [-0.15, -0.1) is 0 Å². The third-order valence-electron chi connectivity index (χ3n) is 0. The molecule has 0 aliphatic heterocycles. The Kier molecular flexibility index (Phi) is 50.6. The van der Waals surface area contributed by atoms with Crippen LogP contribution in [0.4, 0.5) is 0 Å². The number of hydrogen-bond acceptors (Lipinski definition) is 4. The average molecular weight is 316 g/mol. The molecule has 0 saturated carbocycles. The van der Waals surface area contributed by atoms with Crippen LogP contribution in [0.25, 0.3) is 0 Å². The van der Waals surface area contributed by atoms with Crippen molar-refractivity contribution < 1.29 is 78.7 Å². The zero-order valence-corrected chi connectivity index (χ0v) is 9.93. The standard InChI is InChI=1S/2H2O4S.4H2O.Ti/c2*1-5(2,3)4;;;;;/h2*(H2,1,2,3,4);4*1H2;. The summed E-state index contributed by atoms with van der Waals surface area (Å²) in [4.78, 5) is 0. The van der Waals surface area contributed by atoms with Gasteiger partial charge in [-0.05, 0) is 0 Å². The van der Waals surface area contributed by atoms with Crippen molar-refractivity contribution in [2.24, 2.45) is 0 Å². The van der Waals surface area contributed by atoms with Gasteiger partial charge in [0, 0.05) is 21.7 Å². The van der Waals surface area contributed by atoms with Crippen LogP contribution in [0.3, 0.4) is 0 Å². The van der Waals surface area contributed by atoms with Gasteiger partial charge in [0.05, 0.1) is 0 Å². The first-order valence-electron chi connectivity index (χ1n) is 1.40. The van der Waals surface area contributed by atoms with Crippen molar-refractivity contribution in [2.45, 2.75) is 0 Å². The monoisotopic (exact) mass is 316 g/mol. The number of hydrogen-bond donors (Lipinski definition) is 4. The van der Waals surface area contributed by atoms with E-state index in [1.807, 2.05) is 0 Å². The molecule has 0 saturated heterocycles. The van der Waals surface area contributed by atoms with Gasteiger partial charge in [-0.25, -0.2) is 0 Å². The van der Waals surface area contributed by atoms with E-state index in [9.17, 15) is 0 Å². The molecule has 0 rings (SSSR count). The third kappa shape index (κ3) is 24900. The van der Waals surface area contributed by atoms with Gasteiger partial charge in [0.15, 0.2) is 0 Å². The van der Waals surface area contributed by atoms with Crippen LogP contribution in [0.1, 0.15) is 0 Å². The minimum Gasteiger partial charge on any atom is -0.412 e. The van der Waals surface area contributed by atoms with Gasteiger partial charge in [-0.1, -0.05) is 0 Å². The van der Waals surface area contributed by atoms with Crippen LogP contribution in [0, 0.1) is 0 Å². The first kappa shape index (κ1) is 45.4. The summed E-state index contributed by atoms with van der Waals surface area (Å²) in [7, 11) is -9.33. The summed E-state index contributed by atoms with van der Waals surface area (Å²) in [6.07, 6.45) is 0. The van der Waals surface area contributed by atoms with Gasteiger partial charge < -0.3 is 21.9 Å². The van der Waals surface area contributed by atoms with Gasteiger partial charge in [0.1, 0.15) is 0 Å². The van der Waals surface area contributed by atoms with E-state index in [0.717, 1.165) is 0 Å². The van der Waals surface area contributed by atoms with E-state index in [-0.39, 0.29) is 43.6 Å². The SMILES string of the molecule is O.O.O.O.O=S(=O)(O)O.O=S(=O)(O)O.[Ti]. The van der Waals surface area contributed by atoms with Crippen molar-refractivity contribution in [2.75, 3.05) is 0 Å². The molecule has 15 heavy (non-hydrogen) atoms. The predicted octanol–water partition coefficient (Wildman–Crippen LogP) is -4.61. The molecular weight excluding hydrogens is 304 g/mol. The first-order valence-corrected chi connectivity index (χ1v) is 4.19. The first-order chi connectivity index (χ1) is 4.00. The van der Waals surface area contributed by atoms with Gasteiger partial charge in [-0.3, -0.25) is 18.2 Å². The Labute approximate surface area is 99.6 Å². The van der Waals surface area contributed by atoms with E-state index in [1.165, 1.54) is 0 Å². The van der Waals surface area contributed by atoms with Crippen LogP contribution in [0.5, 0.6) is 0 Å². The molecule has 0 amide bonds. The van der Waals surface area contributed by atoms with Crippen molar-refractivity contribution in [3.05, 3.63) is 0 Å². The average Bonchev–Trinajstić information content (AvgIpc) is 1.12. The fourth-order valence-electron chi connectivity index (χ4n) is 0. The summed E-state index contributed by atoms with van der Waals surface area (Å²) in [6, 6.07) is 0. The molecule has 0 aromatic heterocycles. The Morgan fingerprint density at radius 2 is 0.533 bits per heavy atom. The zero-order chi connectivity index (χ0) is 9.00. The maximum atomic E-state index is 8.74. The molecule has 0 heterocycles. The topological polar surface area (TPSA) is 275 Å². The molecule has 12 N–H and O–H groups in total. The van der Waals surface area contributed by atoms with Crippen molar-refractivity contribution in [3.63, 3.8) is 0 Å². The largest absolute Gasteiger partial charge is 0.412 e. The minimum absolute atomic E-state index is 0. The molecule has 12 nitrogen and oxygen atoms in total. The van der Waals surface area contributed by atoms with E-state index in [1.54, 1.807) is 0 Å². The molecule has 0 atom stereocenters. The Balaban J connectivity index is -0.0000000128. The Morgan fingerprint density at radius 3 is 0.533 bits per heavy atom. The Hall–Kier alpha value is 0.294. The third-order valence-corrected chi connectivity index (χ3v) is 0. The van der Waals surface area contributed by atoms with E-state index in [4.69, 9.17) is 35.0 Å². The van der Waals surface area contributed by atoms with E-state index >= 15 is 0 Å². The van der Waals surface area contributed by atoms with Crippen molar-refractivity contribution in [1.29, 1.82) is 0 Å². The predicted molar refractivity (Wildman–Crippen MR) is 42.8 cm³/mol. The molecule has 0 fully saturated rings. The second-order valence-electron chi connectivity index (χ2n) is 0.896. The summed E-state index contributed by atoms with van der Waals surface area (Å²) in [5.74, 6) is 0. The quantitative estimate of drug-likeness (QED) is 0.248. The molecule has 0 radical (unpaired) electrons. The maximum Gasteiger partial charge on any atom is 0.394 e. The van der Waals surface area contributed by atoms with Gasteiger partial charge in [0.2, 0.25) is 0 Å². The number of rotatable bonds is 0. The summed E-state index contributed by atoms with van der Waals surface area (Å²) < 4.78 is 63.2. The van der Waals surface area contributed by atoms with E-state index < -0.39 is 20.8 Å². The molecule has 0 spiro atoms. The fraction of sp³-hybridized carbons (Fsp3) is 0. The molecule has 0 aromatic carbocycles. The second-order valence-corrected chi connectivity index (χ2v) is 2.69. The van der Waals surface area contributed by atoms with Crippen LogP contribution in [-0.4, -0.2) is 57.0 Å². The Morgan fingerprint density at radius 1 is 0.533 bits per heavy atom. The molecule has 0 bridgehead atoms. The van der Waals surface area contributed by atoms with Crippen LogP contribution in [-0.2, 0) is 42.5 Å². The summed E-state index contributed by atoms with van der Waals surface area (Å²) in [6.45, 7) is 0. The normalized spacial score (nSPS) is 7.73. The van der Waals surface area contributed by atoms with Crippen LogP contribution < -0.4 is 0 Å². The smallest absolute Gasteiger partial charge is 0.394 e. The van der Waals surface area contributed by atoms with Crippen LogP contribution in [0.15, 0.2) is 0 Å². The molecule has 15 heteroatoms. The molecule has 0 aliphatic rings. The van der Waals surface area contributed by atoms with Gasteiger partial charge in [0.25, 0.3) is 0 Å².